The molecule has 3 N–H and O–H groups in total. The molecule has 0 bridgehead atoms. The minimum atomic E-state index is -5.01. The zero-order valence-electron chi connectivity index (χ0n) is 21.8. The van der Waals surface area contributed by atoms with Crippen LogP contribution in [0.2, 0.25) is 5.02 Å². The maximum Gasteiger partial charge on any atom is 0.416 e. The minimum Gasteiger partial charge on any atom is -0.382 e. The van der Waals surface area contributed by atoms with E-state index in [4.69, 9.17) is 21.7 Å². The van der Waals surface area contributed by atoms with E-state index in [2.05, 4.69) is 15.4 Å². The Bertz CT molecular complexity index is 1400. The molecular weight excluding hydrogens is 567 g/mol. The van der Waals surface area contributed by atoms with Crippen molar-refractivity contribution < 1.29 is 32.6 Å². The highest BCUT2D eigenvalue weighted by atomic mass is 35.5. The lowest BCUT2D eigenvalue weighted by Crippen LogP contribution is -2.50. The van der Waals surface area contributed by atoms with Gasteiger partial charge in [-0.05, 0) is 43.3 Å². The van der Waals surface area contributed by atoms with Crippen LogP contribution in [-0.2, 0) is 11.3 Å². The largest absolute Gasteiger partial charge is 0.416 e. The molecule has 1 saturated heterocycles. The molecular formula is C26H27ClF3N7O4. The van der Waals surface area contributed by atoms with Crippen molar-refractivity contribution in [1.82, 2.24) is 29.9 Å². The molecule has 1 fully saturated rings. The first kappa shape index (κ1) is 30.0. The van der Waals surface area contributed by atoms with Gasteiger partial charge < -0.3 is 20.1 Å². The Balaban J connectivity index is 1.49. The van der Waals surface area contributed by atoms with Gasteiger partial charge >= 0.3 is 12.2 Å². The summed E-state index contributed by atoms with van der Waals surface area (Å²) in [5, 5.41) is 24.9. The number of hydrogen-bond acceptors (Lipinski definition) is 7. The number of nitrogens with one attached hydrogen (secondary N) is 2. The van der Waals surface area contributed by atoms with Crippen LogP contribution in [0.4, 0.5) is 18.0 Å². The van der Waals surface area contributed by atoms with Crippen LogP contribution >= 0.6 is 11.6 Å². The Hall–Kier alpha value is -4.01. The molecule has 2 heterocycles. The molecule has 15 heteroatoms. The van der Waals surface area contributed by atoms with Gasteiger partial charge in [-0.2, -0.15) is 13.2 Å². The molecule has 3 aromatic rings. The van der Waals surface area contributed by atoms with Crippen LogP contribution in [0.5, 0.6) is 0 Å². The van der Waals surface area contributed by atoms with Crippen LogP contribution in [0.1, 0.15) is 28.7 Å². The lowest BCUT2D eigenvalue weighted by molar-refractivity contribution is -0.204. The standard InChI is InChI=1S/C26H27ClF3N7O4/c1-16-13-35(10-11-41-16)24(39)19-4-2-3-5-20(19)37-15-33-22(34-37)12-32-25(40)36(14-21(38)26(28,29)30)23(31)17-6-8-18(27)9-7-17/h2-9,15-16,21,31,38H,10-14H2,1H3,(H,32,40)/t16?,21-/m0/s1. The first-order chi connectivity index (χ1) is 19.4. The number of amides is 3. The van der Waals surface area contributed by atoms with Crippen molar-refractivity contribution in [2.24, 2.45) is 0 Å². The van der Waals surface area contributed by atoms with Crippen molar-refractivity contribution in [2.45, 2.75) is 31.9 Å². The average molecular weight is 594 g/mol. The summed E-state index contributed by atoms with van der Waals surface area (Å²) in [6.45, 7) is 1.66. The van der Waals surface area contributed by atoms with Gasteiger partial charge in [-0.3, -0.25) is 15.1 Å². The van der Waals surface area contributed by atoms with Gasteiger partial charge in [-0.1, -0.05) is 23.7 Å². The van der Waals surface area contributed by atoms with Crippen LogP contribution in [0.3, 0.4) is 0 Å². The number of para-hydroxylation sites is 1. The Morgan fingerprint density at radius 2 is 1.95 bits per heavy atom. The zero-order valence-corrected chi connectivity index (χ0v) is 22.6. The molecule has 3 amide bonds. The number of hydrogen-bond donors (Lipinski definition) is 3. The molecule has 1 aromatic heterocycles. The van der Waals surface area contributed by atoms with Crippen LogP contribution in [0.25, 0.3) is 5.69 Å². The summed E-state index contributed by atoms with van der Waals surface area (Å²) in [4.78, 5) is 32.4. The van der Waals surface area contributed by atoms with Crippen LogP contribution in [0.15, 0.2) is 54.9 Å². The molecule has 2 aromatic carbocycles. The summed E-state index contributed by atoms with van der Waals surface area (Å²) in [5.74, 6) is -0.693. The van der Waals surface area contributed by atoms with E-state index in [1.165, 1.54) is 35.3 Å². The third-order valence-electron chi connectivity index (χ3n) is 6.21. The highest BCUT2D eigenvalue weighted by Gasteiger charge is 2.41. The predicted octanol–water partition coefficient (Wildman–Crippen LogP) is 3.24. The van der Waals surface area contributed by atoms with Crippen LogP contribution in [0, 0.1) is 5.41 Å². The average Bonchev–Trinajstić information content (AvgIpc) is 3.42. The number of benzene rings is 2. The minimum absolute atomic E-state index is 0.0925. The lowest BCUT2D eigenvalue weighted by Gasteiger charge is -2.31. The number of morpholine rings is 1. The summed E-state index contributed by atoms with van der Waals surface area (Å²) in [5.41, 5.74) is 0.934. The van der Waals surface area contributed by atoms with E-state index in [9.17, 15) is 27.9 Å². The summed E-state index contributed by atoms with van der Waals surface area (Å²) >= 11 is 5.84. The van der Waals surface area contributed by atoms with Crippen molar-refractivity contribution >= 4 is 29.4 Å². The number of carbonyl (C=O) groups is 2. The van der Waals surface area contributed by atoms with Gasteiger partial charge in [0.1, 0.15) is 12.2 Å². The molecule has 4 rings (SSSR count). The van der Waals surface area contributed by atoms with E-state index in [0.717, 1.165) is 0 Å². The van der Waals surface area contributed by atoms with Crippen LogP contribution in [-0.4, -0.2) is 92.1 Å². The Morgan fingerprint density at radius 1 is 1.24 bits per heavy atom. The number of aliphatic hydroxyl groups is 1. The molecule has 0 radical (unpaired) electrons. The number of ether oxygens (including phenoxy) is 1. The highest BCUT2D eigenvalue weighted by molar-refractivity contribution is 6.30. The second kappa shape index (κ2) is 12.7. The van der Waals surface area contributed by atoms with Crippen molar-refractivity contribution in [3.05, 3.63) is 76.8 Å². The zero-order chi connectivity index (χ0) is 29.7. The van der Waals surface area contributed by atoms with E-state index in [0.29, 0.717) is 40.9 Å². The highest BCUT2D eigenvalue weighted by Crippen LogP contribution is 2.22. The molecule has 11 nitrogen and oxygen atoms in total. The maximum absolute atomic E-state index is 13.2. The second-order valence-electron chi connectivity index (χ2n) is 9.24. The first-order valence-electron chi connectivity index (χ1n) is 12.5. The monoisotopic (exact) mass is 593 g/mol. The number of aromatic nitrogens is 3. The number of rotatable bonds is 7. The van der Waals surface area contributed by atoms with Gasteiger partial charge in [0.2, 0.25) is 0 Å². The van der Waals surface area contributed by atoms with Crippen molar-refractivity contribution in [2.75, 3.05) is 26.2 Å². The molecule has 0 aliphatic carbocycles. The van der Waals surface area contributed by atoms with E-state index >= 15 is 0 Å². The Labute approximate surface area is 238 Å². The number of aliphatic hydroxyl groups excluding tert-OH is 1. The third-order valence-corrected chi connectivity index (χ3v) is 6.46. The quantitative estimate of drug-likeness (QED) is 0.284. The van der Waals surface area contributed by atoms with Gasteiger partial charge in [0.25, 0.3) is 5.91 Å². The Kier molecular flexibility index (Phi) is 9.25. The van der Waals surface area contributed by atoms with E-state index in [-0.39, 0.29) is 29.9 Å². The molecule has 41 heavy (non-hydrogen) atoms. The number of carbonyl (C=O) groups excluding carboxylic acids is 2. The van der Waals surface area contributed by atoms with E-state index < -0.39 is 30.7 Å². The van der Waals surface area contributed by atoms with Gasteiger partial charge in [0.15, 0.2) is 11.9 Å². The molecule has 1 aliphatic rings. The molecule has 2 atom stereocenters. The van der Waals surface area contributed by atoms with Gasteiger partial charge in [0, 0.05) is 23.7 Å². The SMILES string of the molecule is CC1CN(C(=O)c2ccccc2-n2cnc(CNC(=O)N(C[C@H](O)C(F)(F)F)C(=N)c3ccc(Cl)cc3)n2)CCO1. The molecule has 1 aliphatic heterocycles. The summed E-state index contributed by atoms with van der Waals surface area (Å²) < 4.78 is 46.1. The number of urea groups is 1. The first-order valence-corrected chi connectivity index (χ1v) is 12.9. The summed E-state index contributed by atoms with van der Waals surface area (Å²) in [6, 6.07) is 11.3. The van der Waals surface area contributed by atoms with E-state index in [1.54, 1.807) is 29.2 Å². The Morgan fingerprint density at radius 3 is 2.63 bits per heavy atom. The number of alkyl halides is 3. The summed E-state index contributed by atoms with van der Waals surface area (Å²) in [6.07, 6.45) is -6.65. The van der Waals surface area contributed by atoms with Crippen molar-refractivity contribution in [3.63, 3.8) is 0 Å². The predicted molar refractivity (Wildman–Crippen MR) is 142 cm³/mol. The topological polar surface area (TPSA) is 137 Å². The fourth-order valence-corrected chi connectivity index (χ4v) is 4.21. The van der Waals surface area contributed by atoms with Gasteiger partial charge in [-0.25, -0.2) is 14.5 Å². The van der Waals surface area contributed by atoms with Gasteiger partial charge in [-0.15, -0.1) is 5.10 Å². The molecule has 218 valence electrons. The number of amidine groups is 1. The van der Waals surface area contributed by atoms with Crippen molar-refractivity contribution in [3.8, 4) is 5.69 Å². The molecule has 1 unspecified atom stereocenters. The molecule has 0 saturated carbocycles. The maximum atomic E-state index is 13.2. The van der Waals surface area contributed by atoms with Gasteiger partial charge in [0.05, 0.1) is 37.1 Å². The number of nitrogens with zero attached hydrogens (tertiary/aromatic N) is 5. The number of halogens is 4. The fourth-order valence-electron chi connectivity index (χ4n) is 4.09. The van der Waals surface area contributed by atoms with Crippen molar-refractivity contribution in [1.29, 1.82) is 5.41 Å². The third kappa shape index (κ3) is 7.39. The normalized spacial score (nSPS) is 16.2. The second-order valence-corrected chi connectivity index (χ2v) is 9.67. The summed E-state index contributed by atoms with van der Waals surface area (Å²) in [7, 11) is 0. The lowest BCUT2D eigenvalue weighted by atomic mass is 10.1. The smallest absolute Gasteiger partial charge is 0.382 e. The molecule has 0 spiro atoms. The van der Waals surface area contributed by atoms with E-state index in [1.807, 2.05) is 6.92 Å². The van der Waals surface area contributed by atoms with Crippen LogP contribution < -0.4 is 5.32 Å². The fraction of sp³-hybridized carbons (Fsp3) is 0.346.